The van der Waals surface area contributed by atoms with Crippen LogP contribution in [0.1, 0.15) is 24.9 Å². The van der Waals surface area contributed by atoms with Crippen molar-refractivity contribution in [2.45, 2.75) is 25.4 Å². The average molecular weight is 295 g/mol. The molecule has 110 valence electrons. The maximum atomic E-state index is 11.6. The number of hydrogen-bond donors (Lipinski definition) is 1. The molecular weight excluding hydrogens is 274 g/mol. The maximum Gasteiger partial charge on any atom is 0.323 e. The van der Waals surface area contributed by atoms with E-state index in [1.807, 2.05) is 12.1 Å². The number of ether oxygens (including phenoxy) is 2. The minimum Gasteiger partial charge on any atom is -0.494 e. The Kier molecular flexibility index (Phi) is 5.73. The molecule has 0 spiro atoms. The summed E-state index contributed by atoms with van der Waals surface area (Å²) >= 11 is 1.77. The van der Waals surface area contributed by atoms with Gasteiger partial charge in [-0.3, -0.25) is 10.1 Å². The number of carbonyl (C=O) groups excluding carboxylic acids is 1. The fourth-order valence-corrected chi connectivity index (χ4v) is 3.26. The van der Waals surface area contributed by atoms with Crippen LogP contribution < -0.4 is 10.1 Å². The van der Waals surface area contributed by atoms with E-state index in [0.29, 0.717) is 0 Å². The molecule has 1 aliphatic heterocycles. The van der Waals surface area contributed by atoms with Gasteiger partial charge in [-0.2, -0.15) is 11.8 Å². The Morgan fingerprint density at radius 1 is 1.35 bits per heavy atom. The molecule has 2 atom stereocenters. The zero-order valence-electron chi connectivity index (χ0n) is 11.9. The predicted octanol–water partition coefficient (Wildman–Crippen LogP) is 2.39. The minimum atomic E-state index is -0.222. The van der Waals surface area contributed by atoms with Gasteiger partial charge in [-0.05, 0) is 24.1 Å². The summed E-state index contributed by atoms with van der Waals surface area (Å²) in [7, 11) is 1.43. The van der Waals surface area contributed by atoms with Crippen molar-refractivity contribution in [2.24, 2.45) is 0 Å². The minimum absolute atomic E-state index is 0.179. The van der Waals surface area contributed by atoms with Crippen LogP contribution in [0.4, 0.5) is 0 Å². The first kappa shape index (κ1) is 15.2. The molecule has 1 saturated heterocycles. The maximum absolute atomic E-state index is 11.6. The second kappa shape index (κ2) is 7.55. The fourth-order valence-electron chi connectivity index (χ4n) is 2.13. The van der Waals surface area contributed by atoms with E-state index in [2.05, 4.69) is 24.4 Å². The van der Waals surface area contributed by atoms with Gasteiger partial charge in [0.1, 0.15) is 11.8 Å². The second-order valence-corrected chi connectivity index (χ2v) is 5.82. The molecule has 4 nitrogen and oxygen atoms in total. The number of nitrogens with one attached hydrogen (secondary N) is 1. The third-order valence-electron chi connectivity index (χ3n) is 3.21. The van der Waals surface area contributed by atoms with E-state index in [1.165, 1.54) is 12.7 Å². The predicted molar refractivity (Wildman–Crippen MR) is 81.2 cm³/mol. The molecule has 5 heteroatoms. The zero-order valence-corrected chi connectivity index (χ0v) is 12.7. The lowest BCUT2D eigenvalue weighted by atomic mass is 10.1. The van der Waals surface area contributed by atoms with Crippen LogP contribution in [0.3, 0.4) is 0 Å². The average Bonchev–Trinajstić information content (AvgIpc) is 2.52. The van der Waals surface area contributed by atoms with E-state index >= 15 is 0 Å². The van der Waals surface area contributed by atoms with Crippen molar-refractivity contribution in [3.8, 4) is 5.75 Å². The van der Waals surface area contributed by atoms with Crippen LogP contribution in [0.2, 0.25) is 0 Å². The summed E-state index contributed by atoms with van der Waals surface area (Å²) < 4.78 is 10.4. The Morgan fingerprint density at radius 3 is 2.75 bits per heavy atom. The normalized spacial score (nSPS) is 22.3. The summed E-state index contributed by atoms with van der Waals surface area (Å²) in [6.07, 6.45) is 1.00. The molecule has 0 amide bonds. The van der Waals surface area contributed by atoms with E-state index < -0.39 is 0 Å². The van der Waals surface area contributed by atoms with E-state index in [9.17, 15) is 4.79 Å². The quantitative estimate of drug-likeness (QED) is 0.845. The van der Waals surface area contributed by atoms with E-state index in [0.717, 1.165) is 30.3 Å². The van der Waals surface area contributed by atoms with Gasteiger partial charge in [0, 0.05) is 17.5 Å². The standard InChI is InChI=1S/C15H21NO3S/c1-3-8-19-12-6-4-11(5-7-12)13-9-20-10-14(16-13)15(17)18-2/h4-7,13-14,16H,3,8-10H2,1-2H3. The van der Waals surface area contributed by atoms with Crippen LogP contribution >= 0.6 is 11.8 Å². The summed E-state index contributed by atoms with van der Waals surface area (Å²) in [6.45, 7) is 2.83. The van der Waals surface area contributed by atoms with Crippen LogP contribution in [0, 0.1) is 0 Å². The first-order valence-corrected chi connectivity index (χ1v) is 8.04. The van der Waals surface area contributed by atoms with Gasteiger partial charge < -0.3 is 9.47 Å². The van der Waals surface area contributed by atoms with Gasteiger partial charge in [-0.1, -0.05) is 19.1 Å². The Hall–Kier alpha value is -1.20. The summed E-state index contributed by atoms with van der Waals surface area (Å²) in [5.74, 6) is 2.43. The highest BCUT2D eigenvalue weighted by atomic mass is 32.2. The molecule has 1 aromatic carbocycles. The number of rotatable bonds is 5. The first-order chi connectivity index (χ1) is 9.74. The summed E-state index contributed by atoms with van der Waals surface area (Å²) in [4.78, 5) is 11.6. The number of methoxy groups -OCH3 is 1. The number of thioether (sulfide) groups is 1. The SMILES string of the molecule is CCCOc1ccc(C2CSCC(C(=O)OC)N2)cc1. The molecule has 20 heavy (non-hydrogen) atoms. The molecule has 1 heterocycles. The summed E-state index contributed by atoms with van der Waals surface area (Å²) in [5.41, 5.74) is 1.18. The lowest BCUT2D eigenvalue weighted by molar-refractivity contribution is -0.142. The van der Waals surface area contributed by atoms with Gasteiger partial charge in [-0.25, -0.2) is 0 Å². The van der Waals surface area contributed by atoms with Gasteiger partial charge in [0.05, 0.1) is 13.7 Å². The highest BCUT2D eigenvalue weighted by molar-refractivity contribution is 7.99. The molecule has 1 aliphatic rings. The molecule has 2 rings (SSSR count). The zero-order chi connectivity index (χ0) is 14.4. The smallest absolute Gasteiger partial charge is 0.323 e. The topological polar surface area (TPSA) is 47.6 Å². The molecule has 0 aromatic heterocycles. The summed E-state index contributed by atoms with van der Waals surface area (Å²) in [5, 5.41) is 3.35. The lowest BCUT2D eigenvalue weighted by Crippen LogP contribution is -2.45. The molecular formula is C15H21NO3S. The Labute approximate surface area is 124 Å². The molecule has 0 radical (unpaired) electrons. The highest BCUT2D eigenvalue weighted by Crippen LogP contribution is 2.26. The van der Waals surface area contributed by atoms with E-state index in [1.54, 1.807) is 11.8 Å². The largest absolute Gasteiger partial charge is 0.494 e. The molecule has 2 unspecified atom stereocenters. The monoisotopic (exact) mass is 295 g/mol. The first-order valence-electron chi connectivity index (χ1n) is 6.89. The highest BCUT2D eigenvalue weighted by Gasteiger charge is 2.28. The lowest BCUT2D eigenvalue weighted by Gasteiger charge is -2.29. The van der Waals surface area contributed by atoms with E-state index in [-0.39, 0.29) is 18.1 Å². The van der Waals surface area contributed by atoms with Crippen molar-refractivity contribution in [3.05, 3.63) is 29.8 Å². The molecule has 1 aromatic rings. The Morgan fingerprint density at radius 2 is 2.10 bits per heavy atom. The number of benzene rings is 1. The molecule has 1 fully saturated rings. The van der Waals surface area contributed by atoms with Crippen LogP contribution in [-0.4, -0.2) is 37.2 Å². The molecule has 1 N–H and O–H groups in total. The van der Waals surface area contributed by atoms with Crippen molar-refractivity contribution in [2.75, 3.05) is 25.2 Å². The second-order valence-electron chi connectivity index (χ2n) is 4.75. The van der Waals surface area contributed by atoms with Crippen molar-refractivity contribution in [3.63, 3.8) is 0 Å². The van der Waals surface area contributed by atoms with Crippen molar-refractivity contribution < 1.29 is 14.3 Å². The third kappa shape index (κ3) is 3.90. The third-order valence-corrected chi connectivity index (χ3v) is 4.35. The number of hydrogen-bond acceptors (Lipinski definition) is 5. The number of carbonyl (C=O) groups is 1. The van der Waals surface area contributed by atoms with Gasteiger partial charge in [-0.15, -0.1) is 0 Å². The fraction of sp³-hybridized carbons (Fsp3) is 0.533. The Bertz CT molecular complexity index is 435. The van der Waals surface area contributed by atoms with Crippen molar-refractivity contribution in [1.29, 1.82) is 0 Å². The number of esters is 1. The van der Waals surface area contributed by atoms with Crippen LogP contribution in [-0.2, 0) is 9.53 Å². The van der Waals surface area contributed by atoms with Gasteiger partial charge >= 0.3 is 5.97 Å². The van der Waals surface area contributed by atoms with Gasteiger partial charge in [0.15, 0.2) is 0 Å². The van der Waals surface area contributed by atoms with Crippen molar-refractivity contribution in [1.82, 2.24) is 5.32 Å². The van der Waals surface area contributed by atoms with Crippen molar-refractivity contribution >= 4 is 17.7 Å². The van der Waals surface area contributed by atoms with Gasteiger partial charge in [0.25, 0.3) is 0 Å². The summed E-state index contributed by atoms with van der Waals surface area (Å²) in [6, 6.07) is 8.04. The molecule has 0 aliphatic carbocycles. The molecule has 0 bridgehead atoms. The van der Waals surface area contributed by atoms with E-state index in [4.69, 9.17) is 9.47 Å². The van der Waals surface area contributed by atoms with Gasteiger partial charge in [0.2, 0.25) is 0 Å². The Balaban J connectivity index is 1.98. The molecule has 0 saturated carbocycles. The van der Waals surface area contributed by atoms with Crippen LogP contribution in [0.5, 0.6) is 5.75 Å². The van der Waals surface area contributed by atoms with Crippen LogP contribution in [0.25, 0.3) is 0 Å². The van der Waals surface area contributed by atoms with Crippen LogP contribution in [0.15, 0.2) is 24.3 Å².